The number of carbonyl (C=O) groups is 1. The normalized spacial score (nSPS) is 12.2. The van der Waals surface area contributed by atoms with Crippen molar-refractivity contribution in [1.82, 2.24) is 0 Å². The summed E-state index contributed by atoms with van der Waals surface area (Å²) in [5.74, 6) is -1.38. The highest BCUT2D eigenvalue weighted by molar-refractivity contribution is 5.70. The van der Waals surface area contributed by atoms with E-state index in [0.29, 0.717) is 17.7 Å². The van der Waals surface area contributed by atoms with Gasteiger partial charge in [-0.3, -0.25) is 4.79 Å². The third-order valence-electron chi connectivity index (χ3n) is 2.60. The zero-order chi connectivity index (χ0) is 12.3. The minimum atomic E-state index is -0.886. The maximum atomic E-state index is 13.2. The van der Waals surface area contributed by atoms with Crippen LogP contribution in [0.3, 0.4) is 0 Å². The van der Waals surface area contributed by atoms with Crippen molar-refractivity contribution in [3.63, 3.8) is 0 Å². The van der Waals surface area contributed by atoms with Crippen molar-refractivity contribution < 1.29 is 19.0 Å². The summed E-state index contributed by atoms with van der Waals surface area (Å²) in [5.41, 5.74) is 1.46. The van der Waals surface area contributed by atoms with Crippen LogP contribution in [0.5, 0.6) is 5.75 Å². The lowest BCUT2D eigenvalue weighted by molar-refractivity contribution is -0.141. The van der Waals surface area contributed by atoms with Crippen molar-refractivity contribution >= 4 is 5.97 Å². The molecule has 0 aliphatic carbocycles. The van der Waals surface area contributed by atoms with E-state index >= 15 is 0 Å². The number of aliphatic carboxylic acids is 1. The van der Waals surface area contributed by atoms with E-state index in [9.17, 15) is 9.18 Å². The Morgan fingerprint density at radius 2 is 2.19 bits per heavy atom. The third kappa shape index (κ3) is 2.72. The molecule has 1 atom stereocenters. The van der Waals surface area contributed by atoms with Gasteiger partial charge in [0.1, 0.15) is 11.6 Å². The van der Waals surface area contributed by atoms with Gasteiger partial charge in [0.15, 0.2) is 0 Å². The molecule has 0 heterocycles. The van der Waals surface area contributed by atoms with Crippen LogP contribution in [0.1, 0.15) is 18.1 Å². The fourth-order valence-electron chi connectivity index (χ4n) is 1.55. The van der Waals surface area contributed by atoms with Gasteiger partial charge in [-0.15, -0.1) is 0 Å². The van der Waals surface area contributed by atoms with Crippen LogP contribution in [-0.2, 0) is 11.2 Å². The summed E-state index contributed by atoms with van der Waals surface area (Å²) in [6.45, 7) is 3.39. The van der Waals surface area contributed by atoms with Crippen LogP contribution < -0.4 is 4.74 Å². The SMILES string of the molecule is COc1cc(F)cc(CC(C)C(=O)O)c1C. The van der Waals surface area contributed by atoms with Crippen LogP contribution >= 0.6 is 0 Å². The predicted octanol–water partition coefficient (Wildman–Crippen LogP) is 2.41. The molecule has 16 heavy (non-hydrogen) atoms. The summed E-state index contributed by atoms with van der Waals surface area (Å²) < 4.78 is 18.2. The van der Waals surface area contributed by atoms with E-state index in [-0.39, 0.29) is 0 Å². The number of carboxylic acid groups (broad SMARTS) is 1. The Hall–Kier alpha value is -1.58. The molecule has 0 aliphatic rings. The molecule has 1 aromatic rings. The first-order chi connectivity index (χ1) is 7.45. The largest absolute Gasteiger partial charge is 0.496 e. The summed E-state index contributed by atoms with van der Waals surface area (Å²) >= 11 is 0. The van der Waals surface area contributed by atoms with Gasteiger partial charge in [-0.25, -0.2) is 4.39 Å². The Bertz CT molecular complexity index is 401. The molecule has 0 saturated carbocycles. The number of hydrogen-bond donors (Lipinski definition) is 1. The van der Waals surface area contributed by atoms with Crippen LogP contribution in [0.15, 0.2) is 12.1 Å². The van der Waals surface area contributed by atoms with Gasteiger partial charge >= 0.3 is 5.97 Å². The molecule has 4 heteroatoms. The second-order valence-electron chi connectivity index (χ2n) is 3.84. The van der Waals surface area contributed by atoms with Gasteiger partial charge in [0.05, 0.1) is 13.0 Å². The summed E-state index contributed by atoms with van der Waals surface area (Å²) in [5, 5.41) is 8.81. The Kier molecular flexibility index (Phi) is 3.88. The first-order valence-corrected chi connectivity index (χ1v) is 5.01. The van der Waals surface area contributed by atoms with Crippen molar-refractivity contribution in [2.75, 3.05) is 7.11 Å². The van der Waals surface area contributed by atoms with E-state index in [0.717, 1.165) is 5.56 Å². The van der Waals surface area contributed by atoms with Gasteiger partial charge in [0.25, 0.3) is 0 Å². The monoisotopic (exact) mass is 226 g/mol. The van der Waals surface area contributed by atoms with Crippen molar-refractivity contribution in [2.45, 2.75) is 20.3 Å². The zero-order valence-corrected chi connectivity index (χ0v) is 9.58. The minimum Gasteiger partial charge on any atom is -0.496 e. The van der Waals surface area contributed by atoms with E-state index in [1.54, 1.807) is 13.8 Å². The average Bonchev–Trinajstić information content (AvgIpc) is 2.22. The highest BCUT2D eigenvalue weighted by Gasteiger charge is 2.15. The molecule has 0 fully saturated rings. The number of benzene rings is 1. The lowest BCUT2D eigenvalue weighted by Crippen LogP contribution is -2.13. The van der Waals surface area contributed by atoms with E-state index in [2.05, 4.69) is 0 Å². The average molecular weight is 226 g/mol. The van der Waals surface area contributed by atoms with Crippen molar-refractivity contribution in [3.05, 3.63) is 29.1 Å². The van der Waals surface area contributed by atoms with Crippen LogP contribution in [0, 0.1) is 18.7 Å². The van der Waals surface area contributed by atoms with Gasteiger partial charge in [-0.1, -0.05) is 6.92 Å². The number of methoxy groups -OCH3 is 1. The molecule has 0 saturated heterocycles. The summed E-state index contributed by atoms with van der Waals surface area (Å²) in [6, 6.07) is 2.65. The lowest BCUT2D eigenvalue weighted by Gasteiger charge is -2.12. The second-order valence-corrected chi connectivity index (χ2v) is 3.84. The molecule has 0 aliphatic heterocycles. The minimum absolute atomic E-state index is 0.301. The third-order valence-corrected chi connectivity index (χ3v) is 2.60. The molecule has 1 aromatic carbocycles. The fraction of sp³-hybridized carbons (Fsp3) is 0.417. The number of hydrogen-bond acceptors (Lipinski definition) is 2. The Morgan fingerprint density at radius 1 is 1.56 bits per heavy atom. The van der Waals surface area contributed by atoms with Gasteiger partial charge in [0.2, 0.25) is 0 Å². The summed E-state index contributed by atoms with van der Waals surface area (Å²) in [6.07, 6.45) is 0.301. The van der Waals surface area contributed by atoms with Crippen LogP contribution in [0.25, 0.3) is 0 Å². The molecule has 0 radical (unpaired) electrons. The number of rotatable bonds is 4. The van der Waals surface area contributed by atoms with E-state index < -0.39 is 17.7 Å². The molecule has 0 spiro atoms. The van der Waals surface area contributed by atoms with Gasteiger partial charge < -0.3 is 9.84 Å². The van der Waals surface area contributed by atoms with E-state index in [1.165, 1.54) is 19.2 Å². The van der Waals surface area contributed by atoms with Crippen LogP contribution in [0.4, 0.5) is 4.39 Å². The quantitative estimate of drug-likeness (QED) is 0.857. The standard InChI is InChI=1S/C12H15FO3/c1-7(12(14)15)4-9-5-10(13)6-11(16-3)8(9)2/h5-7H,4H2,1-3H3,(H,14,15). The fourth-order valence-corrected chi connectivity index (χ4v) is 1.55. The molecule has 3 nitrogen and oxygen atoms in total. The highest BCUT2D eigenvalue weighted by atomic mass is 19.1. The maximum absolute atomic E-state index is 13.2. The molecular formula is C12H15FO3. The molecule has 0 bridgehead atoms. The molecule has 88 valence electrons. The number of carboxylic acids is 1. The van der Waals surface area contributed by atoms with Gasteiger partial charge in [0, 0.05) is 6.07 Å². The molecule has 1 N–H and O–H groups in total. The van der Waals surface area contributed by atoms with Crippen molar-refractivity contribution in [2.24, 2.45) is 5.92 Å². The Morgan fingerprint density at radius 3 is 2.69 bits per heavy atom. The second kappa shape index (κ2) is 4.96. The van der Waals surface area contributed by atoms with E-state index in [1.807, 2.05) is 0 Å². The maximum Gasteiger partial charge on any atom is 0.306 e. The highest BCUT2D eigenvalue weighted by Crippen LogP contribution is 2.25. The summed E-state index contributed by atoms with van der Waals surface area (Å²) in [4.78, 5) is 10.7. The molecule has 0 aromatic heterocycles. The first kappa shape index (κ1) is 12.5. The predicted molar refractivity (Wildman–Crippen MR) is 58.2 cm³/mol. The van der Waals surface area contributed by atoms with Gasteiger partial charge in [-0.05, 0) is 30.5 Å². The molecule has 1 unspecified atom stereocenters. The van der Waals surface area contributed by atoms with Crippen molar-refractivity contribution in [3.8, 4) is 5.75 Å². The Labute approximate surface area is 93.9 Å². The lowest BCUT2D eigenvalue weighted by atomic mass is 9.97. The smallest absolute Gasteiger partial charge is 0.306 e. The number of halogens is 1. The molecule has 1 rings (SSSR count). The molecular weight excluding hydrogens is 211 g/mol. The van der Waals surface area contributed by atoms with Gasteiger partial charge in [-0.2, -0.15) is 0 Å². The topological polar surface area (TPSA) is 46.5 Å². The zero-order valence-electron chi connectivity index (χ0n) is 9.58. The van der Waals surface area contributed by atoms with E-state index in [4.69, 9.17) is 9.84 Å². The molecule has 0 amide bonds. The summed E-state index contributed by atoms with van der Waals surface area (Å²) in [7, 11) is 1.46. The Balaban J connectivity index is 3.04. The first-order valence-electron chi connectivity index (χ1n) is 5.01. The van der Waals surface area contributed by atoms with Crippen LogP contribution in [-0.4, -0.2) is 18.2 Å². The van der Waals surface area contributed by atoms with Crippen molar-refractivity contribution in [1.29, 1.82) is 0 Å². The number of ether oxygens (including phenoxy) is 1. The van der Waals surface area contributed by atoms with Crippen LogP contribution in [0.2, 0.25) is 0 Å².